The lowest BCUT2D eigenvalue weighted by Crippen LogP contribution is -2.36. The van der Waals surface area contributed by atoms with Gasteiger partial charge in [0, 0.05) is 18.2 Å². The number of esters is 1. The molecule has 21 heavy (non-hydrogen) atoms. The van der Waals surface area contributed by atoms with Crippen molar-refractivity contribution < 1.29 is 24.2 Å². The zero-order chi connectivity index (χ0) is 16.0. The van der Waals surface area contributed by atoms with Crippen LogP contribution in [0.4, 0.5) is 5.69 Å². The molecule has 6 nitrogen and oxygen atoms in total. The lowest BCUT2D eigenvalue weighted by molar-refractivity contribution is -0.136. The summed E-state index contributed by atoms with van der Waals surface area (Å²) in [4.78, 5) is 35.9. The van der Waals surface area contributed by atoms with Gasteiger partial charge in [0.2, 0.25) is 5.91 Å². The molecule has 0 radical (unpaired) electrons. The molecule has 1 amide bonds. The monoisotopic (exact) mass is 293 g/mol. The highest BCUT2D eigenvalue weighted by Gasteiger charge is 2.20. The summed E-state index contributed by atoms with van der Waals surface area (Å²) in [5, 5.41) is 8.80. The van der Waals surface area contributed by atoms with Crippen LogP contribution in [0.25, 0.3) is 0 Å². The molecule has 0 aliphatic carbocycles. The quantitative estimate of drug-likeness (QED) is 0.810. The number of hydrogen-bond acceptors (Lipinski definition) is 4. The highest BCUT2D eigenvalue weighted by molar-refractivity contribution is 5.97. The van der Waals surface area contributed by atoms with E-state index in [4.69, 9.17) is 5.11 Å². The molecule has 1 rings (SSSR count). The molecule has 1 aromatic carbocycles. The van der Waals surface area contributed by atoms with Crippen LogP contribution in [0.3, 0.4) is 0 Å². The van der Waals surface area contributed by atoms with Gasteiger partial charge in [0.15, 0.2) is 0 Å². The molecule has 1 aromatic rings. The van der Waals surface area contributed by atoms with Crippen LogP contribution in [0.1, 0.15) is 30.6 Å². The molecule has 6 heteroatoms. The van der Waals surface area contributed by atoms with Crippen LogP contribution >= 0.6 is 0 Å². The predicted molar refractivity (Wildman–Crippen MR) is 77.2 cm³/mol. The predicted octanol–water partition coefficient (Wildman–Crippen LogP) is 1.94. The van der Waals surface area contributed by atoms with E-state index < -0.39 is 11.9 Å². The van der Waals surface area contributed by atoms with Crippen LogP contribution in [0.5, 0.6) is 0 Å². The number of aliphatic carboxylic acids is 1. The second-order valence-corrected chi connectivity index (χ2v) is 4.83. The van der Waals surface area contributed by atoms with Crippen molar-refractivity contribution in [1.29, 1.82) is 0 Å². The fourth-order valence-electron chi connectivity index (χ4n) is 1.80. The maximum atomic E-state index is 12.2. The topological polar surface area (TPSA) is 83.9 Å². The van der Waals surface area contributed by atoms with Crippen molar-refractivity contribution in [3.63, 3.8) is 0 Å². The SMILES string of the molecule is COC(=O)c1cccc(N(CCC(=O)O)C(=O)C(C)C)c1. The molecule has 0 saturated heterocycles. The Morgan fingerprint density at radius 2 is 1.95 bits per heavy atom. The van der Waals surface area contributed by atoms with E-state index in [0.29, 0.717) is 11.3 Å². The van der Waals surface area contributed by atoms with Crippen LogP contribution in [-0.4, -0.2) is 36.6 Å². The first kappa shape index (κ1) is 16.7. The van der Waals surface area contributed by atoms with E-state index in [0.717, 1.165) is 0 Å². The molecular formula is C15H19NO5. The molecule has 0 aliphatic rings. The van der Waals surface area contributed by atoms with Crippen molar-refractivity contribution in [3.8, 4) is 0 Å². The van der Waals surface area contributed by atoms with Gasteiger partial charge < -0.3 is 14.7 Å². The Morgan fingerprint density at radius 1 is 1.29 bits per heavy atom. The summed E-state index contributed by atoms with van der Waals surface area (Å²) in [6.07, 6.45) is -0.166. The van der Waals surface area contributed by atoms with Gasteiger partial charge in [0.25, 0.3) is 0 Å². The van der Waals surface area contributed by atoms with Gasteiger partial charge in [-0.15, -0.1) is 0 Å². The average Bonchev–Trinajstić information content (AvgIpc) is 2.46. The summed E-state index contributed by atoms with van der Waals surface area (Å²) in [5.41, 5.74) is 0.796. The molecular weight excluding hydrogens is 274 g/mol. The molecule has 0 saturated carbocycles. The number of hydrogen-bond donors (Lipinski definition) is 1. The first-order chi connectivity index (χ1) is 9.86. The maximum Gasteiger partial charge on any atom is 0.337 e. The maximum absolute atomic E-state index is 12.2. The number of carbonyl (C=O) groups excluding carboxylic acids is 2. The Hall–Kier alpha value is -2.37. The second kappa shape index (κ2) is 7.42. The zero-order valence-electron chi connectivity index (χ0n) is 12.3. The van der Waals surface area contributed by atoms with Crippen molar-refractivity contribution >= 4 is 23.5 Å². The Bertz CT molecular complexity index is 539. The molecule has 0 aliphatic heterocycles. The van der Waals surface area contributed by atoms with Gasteiger partial charge in [-0.05, 0) is 18.2 Å². The van der Waals surface area contributed by atoms with Gasteiger partial charge in [0.05, 0.1) is 19.1 Å². The number of benzene rings is 1. The van der Waals surface area contributed by atoms with E-state index in [1.807, 2.05) is 0 Å². The smallest absolute Gasteiger partial charge is 0.337 e. The Balaban J connectivity index is 3.10. The average molecular weight is 293 g/mol. The largest absolute Gasteiger partial charge is 0.481 e. The molecule has 0 aromatic heterocycles. The molecule has 114 valence electrons. The van der Waals surface area contributed by atoms with E-state index in [1.54, 1.807) is 32.0 Å². The Labute approximate surface area is 123 Å². The van der Waals surface area contributed by atoms with Crippen LogP contribution in [-0.2, 0) is 14.3 Å². The number of rotatable bonds is 6. The van der Waals surface area contributed by atoms with Crippen molar-refractivity contribution in [1.82, 2.24) is 0 Å². The van der Waals surface area contributed by atoms with Crippen LogP contribution in [0.2, 0.25) is 0 Å². The number of methoxy groups -OCH3 is 1. The van der Waals surface area contributed by atoms with Gasteiger partial charge in [-0.25, -0.2) is 4.79 Å². The molecule has 0 heterocycles. The zero-order valence-corrected chi connectivity index (χ0v) is 12.3. The number of carboxylic acids is 1. The fraction of sp³-hybridized carbons (Fsp3) is 0.400. The first-order valence-electron chi connectivity index (χ1n) is 6.58. The van der Waals surface area contributed by atoms with Crippen LogP contribution in [0, 0.1) is 5.92 Å². The van der Waals surface area contributed by atoms with E-state index in [1.165, 1.54) is 18.1 Å². The minimum absolute atomic E-state index is 0.0526. The third kappa shape index (κ3) is 4.59. The lowest BCUT2D eigenvalue weighted by atomic mass is 10.1. The molecule has 0 unspecified atom stereocenters. The van der Waals surface area contributed by atoms with Crippen molar-refractivity contribution in [2.24, 2.45) is 5.92 Å². The van der Waals surface area contributed by atoms with E-state index >= 15 is 0 Å². The Kier molecular flexibility index (Phi) is 5.90. The number of carboxylic acid groups (broad SMARTS) is 1. The summed E-state index contributed by atoms with van der Waals surface area (Å²) in [6.45, 7) is 3.53. The minimum Gasteiger partial charge on any atom is -0.481 e. The molecule has 0 atom stereocenters. The first-order valence-corrected chi connectivity index (χ1v) is 6.58. The van der Waals surface area contributed by atoms with E-state index in [9.17, 15) is 14.4 Å². The fourth-order valence-corrected chi connectivity index (χ4v) is 1.80. The van der Waals surface area contributed by atoms with Crippen LogP contribution in [0.15, 0.2) is 24.3 Å². The summed E-state index contributed by atoms with van der Waals surface area (Å²) < 4.78 is 4.64. The van der Waals surface area contributed by atoms with E-state index in [-0.39, 0.29) is 24.8 Å². The van der Waals surface area contributed by atoms with Gasteiger partial charge >= 0.3 is 11.9 Å². The molecule has 0 spiro atoms. The van der Waals surface area contributed by atoms with E-state index in [2.05, 4.69) is 4.74 Å². The lowest BCUT2D eigenvalue weighted by Gasteiger charge is -2.24. The van der Waals surface area contributed by atoms with Gasteiger partial charge in [-0.1, -0.05) is 19.9 Å². The van der Waals surface area contributed by atoms with Crippen molar-refractivity contribution in [3.05, 3.63) is 29.8 Å². The second-order valence-electron chi connectivity index (χ2n) is 4.83. The van der Waals surface area contributed by atoms with Crippen LogP contribution < -0.4 is 4.90 Å². The summed E-state index contributed by atoms with van der Waals surface area (Å²) in [5.74, 6) is -1.97. The van der Waals surface area contributed by atoms with Crippen molar-refractivity contribution in [2.75, 3.05) is 18.6 Å². The highest BCUT2D eigenvalue weighted by atomic mass is 16.5. The van der Waals surface area contributed by atoms with Gasteiger partial charge in [0.1, 0.15) is 0 Å². The standard InChI is InChI=1S/C15H19NO5/c1-10(2)14(19)16(8-7-13(17)18)12-6-4-5-11(9-12)15(20)21-3/h4-6,9-10H,7-8H2,1-3H3,(H,17,18). The van der Waals surface area contributed by atoms with Crippen molar-refractivity contribution in [2.45, 2.75) is 20.3 Å². The van der Waals surface area contributed by atoms with Gasteiger partial charge in [-0.3, -0.25) is 9.59 Å². The normalized spacial score (nSPS) is 10.3. The highest BCUT2D eigenvalue weighted by Crippen LogP contribution is 2.19. The number of anilines is 1. The minimum atomic E-state index is -0.985. The number of amides is 1. The third-order valence-corrected chi connectivity index (χ3v) is 2.89. The molecule has 1 N–H and O–H groups in total. The number of nitrogens with zero attached hydrogens (tertiary/aromatic N) is 1. The molecule has 0 bridgehead atoms. The molecule has 0 fully saturated rings. The summed E-state index contributed by atoms with van der Waals surface area (Å²) in [6, 6.07) is 6.38. The third-order valence-electron chi connectivity index (χ3n) is 2.89. The number of carbonyl (C=O) groups is 3. The summed E-state index contributed by atoms with van der Waals surface area (Å²) in [7, 11) is 1.27. The number of ether oxygens (including phenoxy) is 1. The summed E-state index contributed by atoms with van der Waals surface area (Å²) >= 11 is 0. The Morgan fingerprint density at radius 3 is 2.48 bits per heavy atom. The van der Waals surface area contributed by atoms with Gasteiger partial charge in [-0.2, -0.15) is 0 Å².